The number of nitrogens with zero attached hydrogens (tertiary/aromatic N) is 3. The Kier molecular flexibility index (Phi) is 10.2. The van der Waals surface area contributed by atoms with E-state index >= 15 is 0 Å². The number of halogens is 6. The van der Waals surface area contributed by atoms with E-state index in [1.54, 1.807) is 6.92 Å². The number of benzene rings is 2. The van der Waals surface area contributed by atoms with E-state index in [2.05, 4.69) is 25.2 Å². The quantitative estimate of drug-likeness (QED) is 0.132. The van der Waals surface area contributed by atoms with Crippen molar-refractivity contribution in [2.24, 2.45) is 0 Å². The second kappa shape index (κ2) is 13.6. The van der Waals surface area contributed by atoms with Crippen LogP contribution in [0.2, 0.25) is 0 Å². The number of alkyl halides is 5. The Morgan fingerprint density at radius 2 is 1.70 bits per heavy atom. The summed E-state index contributed by atoms with van der Waals surface area (Å²) in [6, 6.07) is 8.97. The van der Waals surface area contributed by atoms with Gasteiger partial charge in [-0.15, -0.1) is 5.10 Å². The number of fused-ring (bicyclic) bond motifs is 2. The van der Waals surface area contributed by atoms with E-state index in [4.69, 9.17) is 9.84 Å². The molecule has 0 aliphatic carbocycles. The average molecular weight is 671 g/mol. The number of carbonyl (C=O) groups excluding carboxylic acids is 1. The van der Waals surface area contributed by atoms with Crippen LogP contribution in [-0.2, 0) is 5.41 Å². The highest BCUT2D eigenvalue weighted by Gasteiger charge is 2.47. The van der Waals surface area contributed by atoms with Gasteiger partial charge in [0.2, 0.25) is 0 Å². The molecule has 4 aromatic rings. The molecule has 0 saturated carbocycles. The maximum Gasteiger partial charge on any atom is 0.453 e. The molecule has 0 saturated heterocycles. The lowest BCUT2D eigenvalue weighted by molar-refractivity contribution is -0.419. The minimum absolute atomic E-state index is 0.103. The van der Waals surface area contributed by atoms with E-state index in [1.807, 2.05) is 0 Å². The number of ether oxygens (including phenoxy) is 2. The van der Waals surface area contributed by atoms with Gasteiger partial charge in [0.25, 0.3) is 5.91 Å². The molecule has 5 N–H and O–H groups in total. The number of pyridine rings is 1. The summed E-state index contributed by atoms with van der Waals surface area (Å²) in [5, 5.41) is 44.8. The molecular formula is C30H28F6N4O7. The second-order valence-corrected chi connectivity index (χ2v) is 10.5. The Hall–Kier alpha value is -4.58. The molecule has 0 spiro atoms. The van der Waals surface area contributed by atoms with Gasteiger partial charge in [-0.3, -0.25) is 4.79 Å². The van der Waals surface area contributed by atoms with Gasteiger partial charge in [-0.25, -0.2) is 18.2 Å². The van der Waals surface area contributed by atoms with Crippen LogP contribution in [0.25, 0.3) is 22.2 Å². The van der Waals surface area contributed by atoms with E-state index in [0.29, 0.717) is 5.69 Å². The fraction of sp³-hybridized carbons (Fsp3) is 0.333. The Bertz CT molecular complexity index is 1750. The normalized spacial score (nSPS) is 14.5. The zero-order valence-corrected chi connectivity index (χ0v) is 24.6. The van der Waals surface area contributed by atoms with Crippen LogP contribution in [0.4, 0.5) is 26.3 Å². The first kappa shape index (κ1) is 35.3. The maximum absolute atomic E-state index is 14.5. The van der Waals surface area contributed by atoms with Crippen LogP contribution < -0.4 is 14.8 Å². The van der Waals surface area contributed by atoms with Crippen LogP contribution in [0.5, 0.6) is 11.5 Å². The van der Waals surface area contributed by atoms with Crippen molar-refractivity contribution in [3.05, 3.63) is 76.9 Å². The van der Waals surface area contributed by atoms with Crippen LogP contribution in [0, 0.1) is 12.7 Å². The predicted octanol–water partition coefficient (Wildman–Crippen LogP) is 3.36. The Labute approximate surface area is 262 Å². The molecule has 2 aromatic heterocycles. The van der Waals surface area contributed by atoms with E-state index in [9.17, 15) is 46.5 Å². The summed E-state index contributed by atoms with van der Waals surface area (Å²) in [5.74, 6) is -4.87. The largest absolute Gasteiger partial charge is 0.490 e. The zero-order chi connectivity index (χ0) is 34.7. The number of hydrogen-bond donors (Lipinski definition) is 5. The van der Waals surface area contributed by atoms with E-state index in [0.717, 1.165) is 31.4 Å². The first-order valence-corrected chi connectivity index (χ1v) is 13.6. The van der Waals surface area contributed by atoms with Crippen LogP contribution in [0.1, 0.15) is 33.2 Å². The molecule has 0 fully saturated rings. The first-order chi connectivity index (χ1) is 22.1. The summed E-state index contributed by atoms with van der Waals surface area (Å²) >= 11 is 0. The summed E-state index contributed by atoms with van der Waals surface area (Å²) in [6.07, 6.45) is -8.72. The second-order valence-electron chi connectivity index (χ2n) is 10.5. The van der Waals surface area contributed by atoms with Crippen LogP contribution in [0.15, 0.2) is 48.5 Å². The highest BCUT2D eigenvalue weighted by molar-refractivity contribution is 5.99. The van der Waals surface area contributed by atoms with Gasteiger partial charge in [0.1, 0.15) is 48.7 Å². The topological polar surface area (TPSA) is 167 Å². The minimum Gasteiger partial charge on any atom is -0.490 e. The Morgan fingerprint density at radius 1 is 1.04 bits per heavy atom. The molecule has 1 unspecified atom stereocenters. The highest BCUT2D eigenvalue weighted by atomic mass is 19.4. The summed E-state index contributed by atoms with van der Waals surface area (Å²) in [6.45, 7) is -2.62. The van der Waals surface area contributed by atoms with Crippen molar-refractivity contribution in [2.45, 2.75) is 30.6 Å². The van der Waals surface area contributed by atoms with Gasteiger partial charge in [-0.05, 0) is 55.5 Å². The number of aliphatic hydroxyl groups is 4. The maximum atomic E-state index is 14.5. The van der Waals surface area contributed by atoms with E-state index < -0.39 is 73.3 Å². The monoisotopic (exact) mass is 670 g/mol. The molecule has 47 heavy (non-hydrogen) atoms. The van der Waals surface area contributed by atoms with Gasteiger partial charge in [-0.2, -0.15) is 18.3 Å². The van der Waals surface area contributed by atoms with Crippen molar-refractivity contribution < 1.29 is 61.0 Å². The smallest absolute Gasteiger partial charge is 0.453 e. The van der Waals surface area contributed by atoms with Gasteiger partial charge in [-0.1, -0.05) is 0 Å². The SMILES string of the molecule is CO.Cc1cc2cc(C(=O)NCC(c3cc4c(c(-c5ccc(F)cc5)n3)OCC4(CF)CF)C(F)(F)F)cc(OC(O)(O)O)c2nn1. The van der Waals surface area contributed by atoms with Crippen LogP contribution in [-0.4, -0.2) is 87.5 Å². The minimum atomic E-state index is -5.03. The van der Waals surface area contributed by atoms with E-state index in [1.165, 1.54) is 24.3 Å². The molecular weight excluding hydrogens is 642 g/mol. The van der Waals surface area contributed by atoms with Crippen molar-refractivity contribution >= 4 is 16.8 Å². The lowest BCUT2D eigenvalue weighted by Crippen LogP contribution is -2.37. The van der Waals surface area contributed by atoms with Gasteiger partial charge < -0.3 is 35.2 Å². The number of aryl methyl sites for hydroxylation is 1. The number of nitrogens with one attached hydrogen (secondary N) is 1. The lowest BCUT2D eigenvalue weighted by Gasteiger charge is -2.24. The summed E-state index contributed by atoms with van der Waals surface area (Å²) in [7, 11) is 1.00. The number of rotatable bonds is 9. The highest BCUT2D eigenvalue weighted by Crippen LogP contribution is 2.47. The summed E-state index contributed by atoms with van der Waals surface area (Å²) in [4.78, 5) is 17.2. The van der Waals surface area contributed by atoms with Gasteiger partial charge in [0.05, 0.1) is 16.8 Å². The molecule has 11 nitrogen and oxygen atoms in total. The van der Waals surface area contributed by atoms with Crippen molar-refractivity contribution in [3.8, 4) is 22.8 Å². The van der Waals surface area contributed by atoms with Crippen molar-refractivity contribution in [1.82, 2.24) is 20.5 Å². The molecule has 252 valence electrons. The molecule has 1 aliphatic heterocycles. The molecule has 2 aromatic carbocycles. The first-order valence-electron chi connectivity index (χ1n) is 13.6. The fourth-order valence-electron chi connectivity index (χ4n) is 4.89. The van der Waals surface area contributed by atoms with Gasteiger partial charge in [0.15, 0.2) is 5.75 Å². The van der Waals surface area contributed by atoms with E-state index in [-0.39, 0.29) is 39.0 Å². The number of amides is 1. The van der Waals surface area contributed by atoms with Crippen LogP contribution >= 0.6 is 0 Å². The molecule has 3 heterocycles. The number of aliphatic hydroxyl groups excluding tert-OH is 1. The third-order valence-corrected chi connectivity index (χ3v) is 7.19. The van der Waals surface area contributed by atoms with Crippen molar-refractivity contribution in [3.63, 3.8) is 0 Å². The van der Waals surface area contributed by atoms with Crippen molar-refractivity contribution in [1.29, 1.82) is 0 Å². The molecule has 0 bridgehead atoms. The van der Waals surface area contributed by atoms with Gasteiger partial charge in [0, 0.05) is 35.7 Å². The standard InChI is InChI=1S/C29H24F6N4O6.CH4O/c1-14-6-16-7-17(8-22(23(16)39-38-14)45-29(41,42)43)26(40)36-10-20(28(33,34)35)21-9-19-25(44-13-27(19,11-30)12-31)24(37-21)15-2-4-18(32)5-3-15;1-2/h2-9,20,41-43H,10-13H2,1H3,(H,36,40);2H,1H3. The molecule has 17 heteroatoms. The fourth-order valence-corrected chi connectivity index (χ4v) is 4.89. The number of aromatic nitrogens is 3. The molecule has 5 rings (SSSR count). The Balaban J connectivity index is 0.00000245. The summed E-state index contributed by atoms with van der Waals surface area (Å²) < 4.78 is 95.6. The lowest BCUT2D eigenvalue weighted by atomic mass is 9.83. The van der Waals surface area contributed by atoms with Gasteiger partial charge >= 0.3 is 12.3 Å². The Morgan fingerprint density at radius 3 is 2.30 bits per heavy atom. The molecule has 1 atom stereocenters. The van der Waals surface area contributed by atoms with Crippen molar-refractivity contribution in [2.75, 3.05) is 33.6 Å². The number of carbonyl (C=O) groups is 1. The third kappa shape index (κ3) is 7.54. The predicted molar refractivity (Wildman–Crippen MR) is 152 cm³/mol. The molecule has 1 aliphatic rings. The number of hydrogen-bond acceptors (Lipinski definition) is 10. The molecule has 1 amide bonds. The van der Waals surface area contributed by atoms with Crippen LogP contribution in [0.3, 0.4) is 0 Å². The molecule has 0 radical (unpaired) electrons. The average Bonchev–Trinajstić information content (AvgIpc) is 3.39. The summed E-state index contributed by atoms with van der Waals surface area (Å²) in [5.41, 5.74) is -2.89. The zero-order valence-electron chi connectivity index (χ0n) is 24.6. The third-order valence-electron chi connectivity index (χ3n) is 7.19.